The van der Waals surface area contributed by atoms with E-state index < -0.39 is 17.4 Å². The van der Waals surface area contributed by atoms with Crippen molar-refractivity contribution in [2.75, 3.05) is 13.2 Å². The molecule has 0 bridgehead atoms. The Hall–Kier alpha value is -1.88. The molecule has 134 valence electrons. The Morgan fingerprint density at radius 1 is 1.20 bits per heavy atom. The average molecular weight is 343 g/mol. The number of hydrogen-bond donors (Lipinski definition) is 1. The summed E-state index contributed by atoms with van der Waals surface area (Å²) in [5.74, 6) is -1.49. The third kappa shape index (κ3) is 2.65. The SMILES string of the molecule is O=C(O)[C@H]1c2ccccc2C(=O)N(C[C@@H]2CCCO2)C12CCCCC2. The number of carboxylic acid groups (broad SMARTS) is 1. The van der Waals surface area contributed by atoms with Gasteiger partial charge in [0, 0.05) is 18.7 Å². The quantitative estimate of drug-likeness (QED) is 0.915. The van der Waals surface area contributed by atoms with Crippen LogP contribution in [0.2, 0.25) is 0 Å². The van der Waals surface area contributed by atoms with Gasteiger partial charge in [-0.15, -0.1) is 0 Å². The molecule has 2 heterocycles. The highest BCUT2D eigenvalue weighted by molar-refractivity contribution is 6.01. The van der Waals surface area contributed by atoms with Gasteiger partial charge in [0.2, 0.25) is 0 Å². The van der Waals surface area contributed by atoms with Gasteiger partial charge in [-0.2, -0.15) is 0 Å². The minimum absolute atomic E-state index is 0.0227. The third-order valence-electron chi connectivity index (χ3n) is 6.20. The second-order valence-electron chi connectivity index (χ2n) is 7.57. The molecule has 2 fully saturated rings. The monoisotopic (exact) mass is 343 g/mol. The van der Waals surface area contributed by atoms with Crippen LogP contribution in [0.4, 0.5) is 0 Å². The molecule has 25 heavy (non-hydrogen) atoms. The molecule has 1 saturated carbocycles. The molecular weight excluding hydrogens is 318 g/mol. The largest absolute Gasteiger partial charge is 0.481 e. The second-order valence-corrected chi connectivity index (χ2v) is 7.57. The topological polar surface area (TPSA) is 66.8 Å². The van der Waals surface area contributed by atoms with Crippen LogP contribution in [0.5, 0.6) is 0 Å². The van der Waals surface area contributed by atoms with Crippen molar-refractivity contribution in [3.8, 4) is 0 Å². The summed E-state index contributed by atoms with van der Waals surface area (Å²) >= 11 is 0. The predicted molar refractivity (Wildman–Crippen MR) is 92.6 cm³/mol. The van der Waals surface area contributed by atoms with Crippen LogP contribution in [-0.4, -0.2) is 46.7 Å². The molecule has 0 unspecified atom stereocenters. The molecule has 5 heteroatoms. The first-order valence-corrected chi connectivity index (χ1v) is 9.39. The molecular formula is C20H25NO4. The Morgan fingerprint density at radius 2 is 1.96 bits per heavy atom. The van der Waals surface area contributed by atoms with Gasteiger partial charge in [-0.05, 0) is 37.3 Å². The zero-order chi connectivity index (χ0) is 17.4. The molecule has 2 aliphatic heterocycles. The molecule has 1 aliphatic carbocycles. The highest BCUT2D eigenvalue weighted by Crippen LogP contribution is 2.49. The molecule has 1 aromatic rings. The number of carboxylic acids is 1. The lowest BCUT2D eigenvalue weighted by Crippen LogP contribution is -2.62. The molecule has 0 radical (unpaired) electrons. The summed E-state index contributed by atoms with van der Waals surface area (Å²) in [5, 5.41) is 10.1. The van der Waals surface area contributed by atoms with Crippen LogP contribution in [0.25, 0.3) is 0 Å². The highest BCUT2D eigenvalue weighted by Gasteiger charge is 2.55. The number of aliphatic carboxylic acids is 1. The van der Waals surface area contributed by atoms with Crippen LogP contribution in [0.3, 0.4) is 0 Å². The number of rotatable bonds is 3. The third-order valence-corrected chi connectivity index (χ3v) is 6.20. The zero-order valence-corrected chi connectivity index (χ0v) is 14.4. The first kappa shape index (κ1) is 16.6. The molecule has 5 nitrogen and oxygen atoms in total. The van der Waals surface area contributed by atoms with Crippen LogP contribution in [0, 0.1) is 0 Å². The van der Waals surface area contributed by atoms with Crippen molar-refractivity contribution in [1.29, 1.82) is 0 Å². The van der Waals surface area contributed by atoms with Gasteiger partial charge in [-0.3, -0.25) is 9.59 Å². The van der Waals surface area contributed by atoms with E-state index in [1.54, 1.807) is 6.07 Å². The van der Waals surface area contributed by atoms with Crippen molar-refractivity contribution in [2.24, 2.45) is 0 Å². The van der Waals surface area contributed by atoms with Crippen molar-refractivity contribution < 1.29 is 19.4 Å². The summed E-state index contributed by atoms with van der Waals surface area (Å²) in [6.07, 6.45) is 6.56. The van der Waals surface area contributed by atoms with E-state index in [4.69, 9.17) is 4.74 Å². The van der Waals surface area contributed by atoms with E-state index in [0.29, 0.717) is 17.7 Å². The summed E-state index contributed by atoms with van der Waals surface area (Å²) in [5.41, 5.74) is 0.621. The number of fused-ring (bicyclic) bond motifs is 1. The van der Waals surface area contributed by atoms with Crippen LogP contribution >= 0.6 is 0 Å². The number of hydrogen-bond acceptors (Lipinski definition) is 3. The summed E-state index contributed by atoms with van der Waals surface area (Å²) in [7, 11) is 0. The van der Waals surface area contributed by atoms with E-state index >= 15 is 0 Å². The van der Waals surface area contributed by atoms with Crippen LogP contribution in [-0.2, 0) is 9.53 Å². The number of nitrogens with zero attached hydrogens (tertiary/aromatic N) is 1. The van der Waals surface area contributed by atoms with Crippen LogP contribution < -0.4 is 0 Å². The van der Waals surface area contributed by atoms with Crippen molar-refractivity contribution >= 4 is 11.9 Å². The van der Waals surface area contributed by atoms with Gasteiger partial charge >= 0.3 is 5.97 Å². The molecule has 4 rings (SSSR count). The Morgan fingerprint density at radius 3 is 2.64 bits per heavy atom. The summed E-state index contributed by atoms with van der Waals surface area (Å²) in [6, 6.07) is 7.25. The van der Waals surface area contributed by atoms with Crippen molar-refractivity contribution in [3.63, 3.8) is 0 Å². The van der Waals surface area contributed by atoms with Gasteiger partial charge in [0.1, 0.15) is 5.92 Å². The van der Waals surface area contributed by atoms with Gasteiger partial charge in [0.05, 0.1) is 11.6 Å². The number of benzene rings is 1. The molecule has 2 atom stereocenters. The van der Waals surface area contributed by atoms with Crippen molar-refractivity contribution in [1.82, 2.24) is 4.90 Å². The first-order chi connectivity index (χ1) is 12.1. The fourth-order valence-corrected chi connectivity index (χ4v) is 5.08. The lowest BCUT2D eigenvalue weighted by atomic mass is 9.65. The van der Waals surface area contributed by atoms with E-state index in [0.717, 1.165) is 51.6 Å². The van der Waals surface area contributed by atoms with Crippen molar-refractivity contribution in [2.45, 2.75) is 62.5 Å². The number of carbonyl (C=O) groups excluding carboxylic acids is 1. The van der Waals surface area contributed by atoms with Gasteiger partial charge < -0.3 is 14.7 Å². The molecule has 3 aliphatic rings. The smallest absolute Gasteiger partial charge is 0.313 e. The zero-order valence-electron chi connectivity index (χ0n) is 14.4. The minimum atomic E-state index is -0.820. The van der Waals surface area contributed by atoms with E-state index in [9.17, 15) is 14.7 Å². The first-order valence-electron chi connectivity index (χ1n) is 9.39. The van der Waals surface area contributed by atoms with E-state index in [1.807, 2.05) is 23.1 Å². The van der Waals surface area contributed by atoms with Crippen LogP contribution in [0.15, 0.2) is 24.3 Å². The lowest BCUT2D eigenvalue weighted by Gasteiger charge is -2.53. The second kappa shape index (κ2) is 6.45. The van der Waals surface area contributed by atoms with Gasteiger partial charge in [0.15, 0.2) is 0 Å². The van der Waals surface area contributed by atoms with Crippen LogP contribution in [0.1, 0.15) is 66.8 Å². The number of amides is 1. The Kier molecular flexibility index (Phi) is 4.28. The van der Waals surface area contributed by atoms with Gasteiger partial charge in [0.25, 0.3) is 5.91 Å². The summed E-state index contributed by atoms with van der Waals surface area (Å²) in [6.45, 7) is 1.25. The van der Waals surface area contributed by atoms with E-state index in [2.05, 4.69) is 0 Å². The maximum atomic E-state index is 13.3. The lowest BCUT2D eigenvalue weighted by molar-refractivity contribution is -0.144. The number of ether oxygens (including phenoxy) is 1. The fraction of sp³-hybridized carbons (Fsp3) is 0.600. The molecule has 1 aromatic carbocycles. The fourth-order valence-electron chi connectivity index (χ4n) is 5.08. The molecule has 0 aromatic heterocycles. The average Bonchev–Trinajstić information content (AvgIpc) is 3.13. The number of carbonyl (C=O) groups is 2. The van der Waals surface area contributed by atoms with Gasteiger partial charge in [-0.1, -0.05) is 37.5 Å². The van der Waals surface area contributed by atoms with Crippen molar-refractivity contribution in [3.05, 3.63) is 35.4 Å². The maximum Gasteiger partial charge on any atom is 0.313 e. The summed E-state index contributed by atoms with van der Waals surface area (Å²) < 4.78 is 5.78. The molecule has 1 amide bonds. The Labute approximate surface area is 148 Å². The highest BCUT2D eigenvalue weighted by atomic mass is 16.5. The predicted octanol–water partition coefficient (Wildman–Crippen LogP) is 3.19. The minimum Gasteiger partial charge on any atom is -0.481 e. The Bertz CT molecular complexity index is 674. The standard InChI is InChI=1S/C20H25NO4/c22-18-16-9-3-2-8-15(16)17(19(23)24)20(10-4-1-5-11-20)21(18)13-14-7-6-12-25-14/h2-3,8-9,14,17H,1,4-7,10-13H2,(H,23,24)/t14-,17+/m0/s1. The molecule has 1 saturated heterocycles. The summed E-state index contributed by atoms with van der Waals surface area (Å²) in [4.78, 5) is 27.5. The molecule has 1 N–H and O–H groups in total. The Balaban J connectivity index is 1.82. The van der Waals surface area contributed by atoms with E-state index in [-0.39, 0.29) is 12.0 Å². The normalized spacial score (nSPS) is 28.2. The molecule has 1 spiro atoms. The maximum absolute atomic E-state index is 13.3. The van der Waals surface area contributed by atoms with Gasteiger partial charge in [-0.25, -0.2) is 0 Å². The van der Waals surface area contributed by atoms with E-state index in [1.165, 1.54) is 0 Å².